The van der Waals surface area contributed by atoms with Gasteiger partial charge in [-0.25, -0.2) is 9.97 Å². The highest BCUT2D eigenvalue weighted by Gasteiger charge is 2.26. The van der Waals surface area contributed by atoms with Crippen LogP contribution in [0.1, 0.15) is 10.4 Å². The van der Waals surface area contributed by atoms with Gasteiger partial charge in [-0.15, -0.1) is 0 Å². The number of carbonyl (C=O) groups excluding carboxylic acids is 1. The van der Waals surface area contributed by atoms with E-state index in [0.29, 0.717) is 48.6 Å². The van der Waals surface area contributed by atoms with Crippen LogP contribution in [-0.2, 0) is 0 Å². The predicted octanol–water partition coefficient (Wildman–Crippen LogP) is 2.59. The highest BCUT2D eigenvalue weighted by molar-refractivity contribution is 6.32. The number of rotatable bonds is 2. The Kier molecular flexibility index (Phi) is 4.29. The minimum Gasteiger partial charge on any atom is -0.493 e. The number of hydrogen-bond donors (Lipinski definition) is 1. The van der Waals surface area contributed by atoms with Crippen LogP contribution in [0.5, 0.6) is 5.88 Å². The number of halogens is 2. The summed E-state index contributed by atoms with van der Waals surface area (Å²) in [5.41, 5.74) is 1.27. The fourth-order valence-corrected chi connectivity index (χ4v) is 3.15. The van der Waals surface area contributed by atoms with Gasteiger partial charge in [0.1, 0.15) is 10.3 Å². The van der Waals surface area contributed by atoms with Crippen LogP contribution in [0.3, 0.4) is 0 Å². The number of carbonyl (C=O) groups is 1. The first-order valence-electron chi connectivity index (χ1n) is 7.84. The van der Waals surface area contributed by atoms with Crippen LogP contribution in [0.4, 0.5) is 6.01 Å². The van der Waals surface area contributed by atoms with Crippen LogP contribution in [0.25, 0.3) is 11.2 Å². The average Bonchev–Trinajstić information content (AvgIpc) is 3.04. The molecule has 1 aliphatic rings. The second-order valence-corrected chi connectivity index (χ2v) is 6.48. The highest BCUT2D eigenvalue weighted by atomic mass is 35.5. The molecule has 1 saturated heterocycles. The van der Waals surface area contributed by atoms with Crippen molar-refractivity contribution in [3.8, 4) is 5.88 Å². The zero-order valence-electron chi connectivity index (χ0n) is 13.4. The van der Waals surface area contributed by atoms with E-state index in [-0.39, 0.29) is 22.5 Å². The smallest absolute Gasteiger partial charge is 0.300 e. The van der Waals surface area contributed by atoms with E-state index in [1.54, 1.807) is 17.0 Å². The van der Waals surface area contributed by atoms with Gasteiger partial charge >= 0.3 is 0 Å². The van der Waals surface area contributed by atoms with Crippen LogP contribution in [-0.4, -0.2) is 57.0 Å². The third-order valence-corrected chi connectivity index (χ3v) is 4.61. The molecule has 0 unspecified atom stereocenters. The van der Waals surface area contributed by atoms with Gasteiger partial charge in [0.15, 0.2) is 5.58 Å². The maximum Gasteiger partial charge on any atom is 0.300 e. The van der Waals surface area contributed by atoms with E-state index < -0.39 is 0 Å². The van der Waals surface area contributed by atoms with E-state index in [1.807, 2.05) is 4.90 Å². The van der Waals surface area contributed by atoms with Crippen molar-refractivity contribution in [2.75, 3.05) is 31.1 Å². The van der Waals surface area contributed by atoms with Crippen LogP contribution in [0, 0.1) is 0 Å². The maximum absolute atomic E-state index is 12.6. The molecule has 0 aromatic carbocycles. The molecule has 3 aromatic heterocycles. The minimum atomic E-state index is -0.229. The Bertz CT molecular complexity index is 985. The number of oxazole rings is 1. The summed E-state index contributed by atoms with van der Waals surface area (Å²) in [4.78, 5) is 28.4. The molecule has 0 saturated carbocycles. The molecule has 3 aromatic rings. The molecule has 0 bridgehead atoms. The van der Waals surface area contributed by atoms with Gasteiger partial charge in [-0.05, 0) is 18.2 Å². The molecule has 4 heterocycles. The third-order valence-electron chi connectivity index (χ3n) is 4.11. The van der Waals surface area contributed by atoms with Crippen molar-refractivity contribution in [2.45, 2.75) is 0 Å². The lowest BCUT2D eigenvalue weighted by molar-refractivity contribution is 0.0745. The van der Waals surface area contributed by atoms with Gasteiger partial charge in [0.25, 0.3) is 11.9 Å². The first kappa shape index (κ1) is 16.9. The second kappa shape index (κ2) is 6.62. The Hall–Kier alpha value is -2.58. The topological polar surface area (TPSA) is 95.6 Å². The molecule has 1 N–H and O–H groups in total. The minimum absolute atomic E-state index is 0.0145. The first-order chi connectivity index (χ1) is 12.5. The monoisotopic (exact) mass is 393 g/mol. The number of amides is 1. The molecule has 0 atom stereocenters. The summed E-state index contributed by atoms with van der Waals surface area (Å²) in [6.45, 7) is 2.05. The van der Waals surface area contributed by atoms with Gasteiger partial charge in [0.05, 0.1) is 5.56 Å². The van der Waals surface area contributed by atoms with E-state index in [1.165, 1.54) is 12.1 Å². The Morgan fingerprint density at radius 1 is 1.04 bits per heavy atom. The first-order valence-corrected chi connectivity index (χ1v) is 8.60. The number of pyridine rings is 2. The molecule has 8 nitrogen and oxygen atoms in total. The van der Waals surface area contributed by atoms with Crippen LogP contribution in [0.2, 0.25) is 10.3 Å². The van der Waals surface area contributed by atoms with Crippen LogP contribution < -0.4 is 4.90 Å². The van der Waals surface area contributed by atoms with Crippen LogP contribution >= 0.6 is 23.2 Å². The summed E-state index contributed by atoms with van der Waals surface area (Å²) in [6, 6.07) is 6.62. The Morgan fingerprint density at radius 2 is 1.81 bits per heavy atom. The van der Waals surface area contributed by atoms with Crippen molar-refractivity contribution >= 4 is 46.4 Å². The van der Waals surface area contributed by atoms with Gasteiger partial charge < -0.3 is 19.3 Å². The van der Waals surface area contributed by atoms with Gasteiger partial charge in [-0.2, -0.15) is 4.98 Å². The zero-order chi connectivity index (χ0) is 18.3. The fraction of sp³-hybridized carbons (Fsp3) is 0.250. The highest BCUT2D eigenvalue weighted by Crippen LogP contribution is 2.24. The molecule has 0 spiro atoms. The van der Waals surface area contributed by atoms with E-state index >= 15 is 0 Å². The zero-order valence-corrected chi connectivity index (χ0v) is 14.9. The average molecular weight is 394 g/mol. The van der Waals surface area contributed by atoms with E-state index in [9.17, 15) is 9.90 Å². The lowest BCUT2D eigenvalue weighted by Crippen LogP contribution is -2.49. The molecular formula is C16H13Cl2N5O3. The third kappa shape index (κ3) is 3.13. The van der Waals surface area contributed by atoms with Crippen LogP contribution in [0.15, 0.2) is 28.7 Å². The lowest BCUT2D eigenvalue weighted by Gasteiger charge is -2.33. The van der Waals surface area contributed by atoms with E-state index in [2.05, 4.69) is 15.0 Å². The number of piperazine rings is 1. The summed E-state index contributed by atoms with van der Waals surface area (Å²) in [6.07, 6.45) is 0. The van der Waals surface area contributed by atoms with Gasteiger partial charge in [0, 0.05) is 32.2 Å². The van der Waals surface area contributed by atoms with Crippen molar-refractivity contribution in [3.63, 3.8) is 0 Å². The summed E-state index contributed by atoms with van der Waals surface area (Å²) in [7, 11) is 0. The standard InChI is InChI=1S/C16H13Cl2N5O3/c17-11-3-2-10-14(19-11)21-16(26-10)23-7-5-22(6-8-23)15(25)9-1-4-12(24)20-13(9)18/h1-4H,5-8H2,(H,20,24). The van der Waals surface area contributed by atoms with Crippen molar-refractivity contribution in [2.24, 2.45) is 0 Å². The molecule has 10 heteroatoms. The summed E-state index contributed by atoms with van der Waals surface area (Å²) in [5.74, 6) is -0.450. The van der Waals surface area contributed by atoms with Crippen molar-refractivity contribution in [1.82, 2.24) is 19.9 Å². The van der Waals surface area contributed by atoms with E-state index in [0.717, 1.165) is 0 Å². The molecule has 0 radical (unpaired) electrons. The Morgan fingerprint density at radius 3 is 2.54 bits per heavy atom. The number of aromatic nitrogens is 3. The molecule has 1 fully saturated rings. The fourth-order valence-electron chi connectivity index (χ4n) is 2.77. The van der Waals surface area contributed by atoms with Gasteiger partial charge in [-0.1, -0.05) is 23.2 Å². The number of fused-ring (bicyclic) bond motifs is 1. The number of hydrogen-bond acceptors (Lipinski definition) is 7. The number of anilines is 1. The molecule has 26 heavy (non-hydrogen) atoms. The largest absolute Gasteiger partial charge is 0.493 e. The van der Waals surface area contributed by atoms with Gasteiger partial charge in [-0.3, -0.25) is 4.79 Å². The van der Waals surface area contributed by atoms with Crippen molar-refractivity contribution in [3.05, 3.63) is 40.1 Å². The second-order valence-electron chi connectivity index (χ2n) is 5.74. The summed E-state index contributed by atoms with van der Waals surface area (Å²) < 4.78 is 5.71. The molecule has 4 rings (SSSR count). The van der Waals surface area contributed by atoms with E-state index in [4.69, 9.17) is 27.6 Å². The SMILES string of the molecule is O=C(c1ccc(O)nc1Cl)N1CCN(c2nc3nc(Cl)ccc3o2)CC1. The lowest BCUT2D eigenvalue weighted by atomic mass is 10.2. The Balaban J connectivity index is 1.47. The van der Waals surface area contributed by atoms with Crippen molar-refractivity contribution in [1.29, 1.82) is 0 Å². The van der Waals surface area contributed by atoms with Crippen molar-refractivity contribution < 1.29 is 14.3 Å². The summed E-state index contributed by atoms with van der Waals surface area (Å²) in [5, 5.41) is 9.65. The number of aromatic hydroxyl groups is 1. The Labute approximate surface area is 158 Å². The molecular weight excluding hydrogens is 381 g/mol. The molecule has 134 valence electrons. The summed E-state index contributed by atoms with van der Waals surface area (Å²) >= 11 is 11.8. The molecule has 0 aliphatic carbocycles. The normalized spacial score (nSPS) is 14.8. The predicted molar refractivity (Wildman–Crippen MR) is 95.8 cm³/mol. The van der Waals surface area contributed by atoms with Gasteiger partial charge in [0.2, 0.25) is 11.5 Å². The molecule has 1 aliphatic heterocycles. The quantitative estimate of drug-likeness (QED) is 0.668. The molecule has 1 amide bonds. The number of nitrogens with zero attached hydrogens (tertiary/aromatic N) is 5. The maximum atomic E-state index is 12.6.